The summed E-state index contributed by atoms with van der Waals surface area (Å²) in [5.41, 5.74) is 3.54. The fourth-order valence-corrected chi connectivity index (χ4v) is 1.94. The third-order valence-corrected chi connectivity index (χ3v) is 2.75. The number of fused-ring (bicyclic) bond motifs is 2. The van der Waals surface area contributed by atoms with E-state index in [0.29, 0.717) is 6.42 Å². The number of nitrogens with one attached hydrogen (secondary N) is 1. The van der Waals surface area contributed by atoms with Crippen LogP contribution in [0, 0.1) is 0 Å². The summed E-state index contributed by atoms with van der Waals surface area (Å²) in [6, 6.07) is 9.47. The number of benzene rings is 1. The number of ketones is 1. The van der Waals surface area contributed by atoms with Gasteiger partial charge in [-0.1, -0.05) is 12.1 Å². The normalized spacial score (nSPS) is 13.4. The van der Waals surface area contributed by atoms with Crippen molar-refractivity contribution in [2.24, 2.45) is 0 Å². The summed E-state index contributed by atoms with van der Waals surface area (Å²) >= 11 is 0. The molecule has 0 fully saturated rings. The van der Waals surface area contributed by atoms with Crippen molar-refractivity contribution < 1.29 is 4.79 Å². The number of carbonyl (C=O) groups is 1. The molecule has 0 unspecified atom stereocenters. The van der Waals surface area contributed by atoms with Gasteiger partial charge in [0.05, 0.1) is 0 Å². The predicted molar refractivity (Wildman–Crippen MR) is 62.0 cm³/mol. The maximum absolute atomic E-state index is 12.0. The van der Waals surface area contributed by atoms with E-state index in [1.807, 2.05) is 30.3 Å². The number of para-hydroxylation sites is 1. The molecule has 2 heterocycles. The molecule has 0 saturated heterocycles. The molecule has 0 radical (unpaired) electrons. The van der Waals surface area contributed by atoms with E-state index >= 15 is 0 Å². The molecule has 3 heteroatoms. The topological polar surface area (TPSA) is 42.0 Å². The van der Waals surface area contributed by atoms with Crippen LogP contribution in [-0.4, -0.2) is 10.8 Å². The Hall–Kier alpha value is -2.16. The van der Waals surface area contributed by atoms with Crippen LogP contribution in [0.25, 0.3) is 0 Å². The van der Waals surface area contributed by atoms with Crippen LogP contribution < -0.4 is 5.32 Å². The lowest BCUT2D eigenvalue weighted by Gasteiger charge is -2.07. The van der Waals surface area contributed by atoms with Crippen LogP contribution in [-0.2, 0) is 6.42 Å². The lowest BCUT2D eigenvalue weighted by molar-refractivity contribution is 0.0994. The van der Waals surface area contributed by atoms with E-state index in [-0.39, 0.29) is 5.78 Å². The molecule has 2 aromatic rings. The molecule has 78 valence electrons. The number of carbonyl (C=O) groups excluding carboxylic acids is 1. The second kappa shape index (κ2) is 3.45. The molecule has 1 aromatic carbocycles. The quantitative estimate of drug-likeness (QED) is 0.726. The molecule has 1 N–H and O–H groups in total. The summed E-state index contributed by atoms with van der Waals surface area (Å²) in [5.74, 6) is 0.134. The zero-order valence-electron chi connectivity index (χ0n) is 8.60. The molecule has 0 bridgehead atoms. The molecule has 0 saturated carbocycles. The molecule has 0 amide bonds. The fraction of sp³-hybridized carbons (Fsp3) is 0.0769. The van der Waals surface area contributed by atoms with Crippen LogP contribution in [0.1, 0.15) is 15.9 Å². The zero-order chi connectivity index (χ0) is 11.0. The number of hydrogen-bond acceptors (Lipinski definition) is 3. The van der Waals surface area contributed by atoms with Gasteiger partial charge in [0.15, 0.2) is 5.78 Å². The van der Waals surface area contributed by atoms with Crippen molar-refractivity contribution in [3.63, 3.8) is 0 Å². The maximum atomic E-state index is 12.0. The average molecular weight is 210 g/mol. The van der Waals surface area contributed by atoms with E-state index in [2.05, 4.69) is 10.3 Å². The number of aromatic nitrogens is 1. The first-order chi connectivity index (χ1) is 7.84. The molecule has 3 nitrogen and oxygen atoms in total. The van der Waals surface area contributed by atoms with Gasteiger partial charge in [-0.15, -0.1) is 0 Å². The Balaban J connectivity index is 2.18. The third kappa shape index (κ3) is 1.37. The van der Waals surface area contributed by atoms with E-state index in [0.717, 1.165) is 22.5 Å². The molecule has 0 aliphatic carbocycles. The Morgan fingerprint density at radius 1 is 1.12 bits per heavy atom. The highest BCUT2D eigenvalue weighted by atomic mass is 16.1. The van der Waals surface area contributed by atoms with Gasteiger partial charge in [0, 0.05) is 41.3 Å². The number of hydrogen-bond donors (Lipinski definition) is 1. The number of Topliss-reactive ketones (excluding diaryl/α,β-unsaturated/α-hetero) is 1. The highest BCUT2D eigenvalue weighted by Crippen LogP contribution is 2.28. The molecule has 3 rings (SSSR count). The van der Waals surface area contributed by atoms with E-state index in [4.69, 9.17) is 0 Å². The Bertz CT molecular complexity index is 563. The highest BCUT2D eigenvalue weighted by molar-refractivity contribution is 6.05. The summed E-state index contributed by atoms with van der Waals surface area (Å²) in [5, 5.41) is 3.27. The lowest BCUT2D eigenvalue weighted by atomic mass is 10.0. The van der Waals surface area contributed by atoms with Crippen LogP contribution in [0.5, 0.6) is 0 Å². The lowest BCUT2D eigenvalue weighted by Crippen LogP contribution is -2.01. The van der Waals surface area contributed by atoms with E-state index in [1.54, 1.807) is 12.4 Å². The van der Waals surface area contributed by atoms with Crippen molar-refractivity contribution in [2.75, 3.05) is 5.32 Å². The molecule has 0 spiro atoms. The fourth-order valence-electron chi connectivity index (χ4n) is 1.94. The minimum Gasteiger partial charge on any atom is -0.355 e. The standard InChI is InChI=1S/C13H10N2O/c16-13-7-9-8-14-6-5-11(9)15-12-4-2-1-3-10(12)13/h1-6,8,15H,7H2. The number of rotatable bonds is 0. The minimum atomic E-state index is 0.134. The molecule has 16 heavy (non-hydrogen) atoms. The largest absolute Gasteiger partial charge is 0.355 e. The summed E-state index contributed by atoms with van der Waals surface area (Å²) in [6.07, 6.45) is 3.88. The summed E-state index contributed by atoms with van der Waals surface area (Å²) in [7, 11) is 0. The van der Waals surface area contributed by atoms with Crippen molar-refractivity contribution in [1.82, 2.24) is 4.98 Å². The first-order valence-electron chi connectivity index (χ1n) is 5.17. The van der Waals surface area contributed by atoms with Gasteiger partial charge in [0.2, 0.25) is 0 Å². The summed E-state index contributed by atoms with van der Waals surface area (Å²) < 4.78 is 0. The van der Waals surface area contributed by atoms with Gasteiger partial charge >= 0.3 is 0 Å². The number of anilines is 2. The summed E-state index contributed by atoms with van der Waals surface area (Å²) in [6.45, 7) is 0. The average Bonchev–Trinajstić information content (AvgIpc) is 2.45. The SMILES string of the molecule is O=C1Cc2cnccc2Nc2ccccc21. The van der Waals surface area contributed by atoms with Gasteiger partial charge in [-0.25, -0.2) is 0 Å². The van der Waals surface area contributed by atoms with Crippen molar-refractivity contribution in [2.45, 2.75) is 6.42 Å². The molecular weight excluding hydrogens is 200 g/mol. The zero-order valence-corrected chi connectivity index (χ0v) is 8.60. The van der Waals surface area contributed by atoms with Crippen molar-refractivity contribution in [3.05, 3.63) is 53.9 Å². The number of nitrogens with zero attached hydrogens (tertiary/aromatic N) is 1. The van der Waals surface area contributed by atoms with Crippen molar-refractivity contribution in [1.29, 1.82) is 0 Å². The molecule has 1 aliphatic heterocycles. The molecule has 1 aromatic heterocycles. The number of pyridine rings is 1. The van der Waals surface area contributed by atoms with Gasteiger partial charge in [-0.05, 0) is 18.2 Å². The van der Waals surface area contributed by atoms with Gasteiger partial charge in [-0.3, -0.25) is 9.78 Å². The minimum absolute atomic E-state index is 0.134. The summed E-state index contributed by atoms with van der Waals surface area (Å²) in [4.78, 5) is 16.0. The molecule has 0 atom stereocenters. The second-order valence-corrected chi connectivity index (χ2v) is 3.80. The van der Waals surface area contributed by atoms with Crippen LogP contribution in [0.2, 0.25) is 0 Å². The smallest absolute Gasteiger partial charge is 0.169 e. The first kappa shape index (κ1) is 9.09. The van der Waals surface area contributed by atoms with Gasteiger partial charge in [0.1, 0.15) is 0 Å². The third-order valence-electron chi connectivity index (χ3n) is 2.75. The van der Waals surface area contributed by atoms with Crippen LogP contribution in [0.3, 0.4) is 0 Å². The monoisotopic (exact) mass is 210 g/mol. The van der Waals surface area contributed by atoms with E-state index < -0.39 is 0 Å². The van der Waals surface area contributed by atoms with Crippen LogP contribution in [0.4, 0.5) is 11.4 Å². The van der Waals surface area contributed by atoms with E-state index in [9.17, 15) is 4.79 Å². The Morgan fingerprint density at radius 2 is 2.00 bits per heavy atom. The maximum Gasteiger partial charge on any atom is 0.169 e. The Morgan fingerprint density at radius 3 is 2.94 bits per heavy atom. The van der Waals surface area contributed by atoms with Crippen molar-refractivity contribution in [3.8, 4) is 0 Å². The molecular formula is C13H10N2O. The van der Waals surface area contributed by atoms with Gasteiger partial charge in [-0.2, -0.15) is 0 Å². The van der Waals surface area contributed by atoms with Crippen LogP contribution in [0.15, 0.2) is 42.7 Å². The van der Waals surface area contributed by atoms with E-state index in [1.165, 1.54) is 0 Å². The second-order valence-electron chi connectivity index (χ2n) is 3.80. The van der Waals surface area contributed by atoms with Gasteiger partial charge in [0.25, 0.3) is 0 Å². The van der Waals surface area contributed by atoms with Crippen LogP contribution >= 0.6 is 0 Å². The Kier molecular flexibility index (Phi) is 1.96. The highest BCUT2D eigenvalue weighted by Gasteiger charge is 2.18. The Labute approximate surface area is 93.1 Å². The predicted octanol–water partition coefficient (Wildman–Crippen LogP) is 2.56. The van der Waals surface area contributed by atoms with Crippen molar-refractivity contribution >= 4 is 17.2 Å². The molecule has 1 aliphatic rings. The van der Waals surface area contributed by atoms with Gasteiger partial charge < -0.3 is 5.32 Å². The first-order valence-corrected chi connectivity index (χ1v) is 5.17.